The highest BCUT2D eigenvalue weighted by Gasteiger charge is 2.31. The van der Waals surface area contributed by atoms with E-state index in [0.717, 1.165) is 24.0 Å². The molecular weight excluding hydrogens is 244 g/mol. The quantitative estimate of drug-likeness (QED) is 0.824. The van der Waals surface area contributed by atoms with Crippen molar-refractivity contribution in [3.63, 3.8) is 0 Å². The van der Waals surface area contributed by atoms with Crippen molar-refractivity contribution in [3.8, 4) is 5.75 Å². The van der Waals surface area contributed by atoms with Gasteiger partial charge < -0.3 is 5.11 Å². The summed E-state index contributed by atoms with van der Waals surface area (Å²) in [6.45, 7) is 1.85. The van der Waals surface area contributed by atoms with E-state index in [4.69, 9.17) is 0 Å². The van der Waals surface area contributed by atoms with E-state index in [1.807, 2.05) is 6.92 Å². The lowest BCUT2D eigenvalue weighted by Gasteiger charge is -2.06. The molecule has 3 heteroatoms. The number of rotatable bonds is 2. The third kappa shape index (κ3) is 1.69. The molecule has 0 aromatic heterocycles. The molecule has 0 bridgehead atoms. The number of aromatic hydroxyl groups is 1. The molecule has 1 aliphatic rings. The van der Waals surface area contributed by atoms with Gasteiger partial charge in [0, 0.05) is 11.5 Å². The van der Waals surface area contributed by atoms with E-state index in [9.17, 15) is 9.90 Å². The summed E-state index contributed by atoms with van der Waals surface area (Å²) in [5.41, 5.74) is 1.58. The van der Waals surface area contributed by atoms with Crippen LogP contribution in [-0.4, -0.2) is 10.9 Å². The SMILES string of the molecule is Cc1cc(O)c(Br)cc1C(=O)C1CC1. The average Bonchev–Trinajstić information content (AvgIpc) is 2.93. The van der Waals surface area contributed by atoms with Gasteiger partial charge in [0.15, 0.2) is 5.78 Å². The van der Waals surface area contributed by atoms with E-state index in [1.165, 1.54) is 0 Å². The van der Waals surface area contributed by atoms with Crippen molar-refractivity contribution < 1.29 is 9.90 Å². The molecular formula is C11H11BrO2. The van der Waals surface area contributed by atoms with Gasteiger partial charge in [-0.1, -0.05) is 0 Å². The summed E-state index contributed by atoms with van der Waals surface area (Å²) in [6.07, 6.45) is 2.02. The largest absolute Gasteiger partial charge is 0.507 e. The van der Waals surface area contributed by atoms with E-state index >= 15 is 0 Å². The normalized spacial score (nSPS) is 15.6. The number of ketones is 1. The minimum atomic E-state index is 0.190. The molecule has 74 valence electrons. The second-order valence-electron chi connectivity index (χ2n) is 3.76. The van der Waals surface area contributed by atoms with Crippen molar-refractivity contribution in [2.24, 2.45) is 5.92 Å². The monoisotopic (exact) mass is 254 g/mol. The topological polar surface area (TPSA) is 37.3 Å². The van der Waals surface area contributed by atoms with E-state index in [0.29, 0.717) is 4.47 Å². The standard InChI is InChI=1S/C11H11BrO2/c1-6-4-10(13)9(12)5-8(6)11(14)7-2-3-7/h4-5,7,13H,2-3H2,1H3. The Balaban J connectivity index is 2.41. The predicted molar refractivity (Wildman–Crippen MR) is 57.6 cm³/mol. The van der Waals surface area contributed by atoms with Crippen molar-refractivity contribution in [3.05, 3.63) is 27.7 Å². The summed E-state index contributed by atoms with van der Waals surface area (Å²) in [5.74, 6) is 0.628. The molecule has 0 radical (unpaired) electrons. The fourth-order valence-electron chi connectivity index (χ4n) is 1.50. The van der Waals surface area contributed by atoms with Crippen molar-refractivity contribution in [2.75, 3.05) is 0 Å². The van der Waals surface area contributed by atoms with Crippen LogP contribution < -0.4 is 0 Å². The van der Waals surface area contributed by atoms with Gasteiger partial charge in [-0.2, -0.15) is 0 Å². The van der Waals surface area contributed by atoms with Crippen LogP contribution in [0.15, 0.2) is 16.6 Å². The van der Waals surface area contributed by atoms with Gasteiger partial charge in [0.1, 0.15) is 5.75 Å². The van der Waals surface area contributed by atoms with Gasteiger partial charge in [-0.15, -0.1) is 0 Å². The van der Waals surface area contributed by atoms with Crippen LogP contribution in [0.4, 0.5) is 0 Å². The van der Waals surface area contributed by atoms with Gasteiger partial charge in [-0.25, -0.2) is 0 Å². The van der Waals surface area contributed by atoms with Crippen molar-refractivity contribution >= 4 is 21.7 Å². The number of phenols is 1. The van der Waals surface area contributed by atoms with Crippen LogP contribution >= 0.6 is 15.9 Å². The average molecular weight is 255 g/mol. The van der Waals surface area contributed by atoms with E-state index < -0.39 is 0 Å². The summed E-state index contributed by atoms with van der Waals surface area (Å²) in [5, 5.41) is 9.40. The first-order valence-corrected chi connectivity index (χ1v) is 5.42. The molecule has 1 saturated carbocycles. The molecule has 1 fully saturated rings. The van der Waals surface area contributed by atoms with Gasteiger partial charge >= 0.3 is 0 Å². The van der Waals surface area contributed by atoms with Gasteiger partial charge in [0.25, 0.3) is 0 Å². The highest BCUT2D eigenvalue weighted by atomic mass is 79.9. The summed E-state index contributed by atoms with van der Waals surface area (Å²) in [7, 11) is 0. The van der Waals surface area contributed by atoms with E-state index in [1.54, 1.807) is 12.1 Å². The van der Waals surface area contributed by atoms with Gasteiger partial charge in [0.05, 0.1) is 4.47 Å². The number of phenolic OH excluding ortho intramolecular Hbond substituents is 1. The van der Waals surface area contributed by atoms with Gasteiger partial charge in [0.2, 0.25) is 0 Å². The van der Waals surface area contributed by atoms with Crippen LogP contribution in [0.25, 0.3) is 0 Å². The lowest BCUT2D eigenvalue weighted by atomic mass is 10.0. The number of carbonyl (C=O) groups is 1. The van der Waals surface area contributed by atoms with Crippen LogP contribution in [0.3, 0.4) is 0 Å². The number of aryl methyl sites for hydroxylation is 1. The fourth-order valence-corrected chi connectivity index (χ4v) is 1.84. The number of benzene rings is 1. The first-order chi connectivity index (χ1) is 6.59. The number of hydrogen-bond donors (Lipinski definition) is 1. The molecule has 1 aromatic rings. The molecule has 0 amide bonds. The summed E-state index contributed by atoms with van der Waals surface area (Å²) < 4.78 is 0.590. The molecule has 1 N–H and O–H groups in total. The maximum atomic E-state index is 11.8. The van der Waals surface area contributed by atoms with Crippen LogP contribution in [0, 0.1) is 12.8 Å². The molecule has 2 rings (SSSR count). The second-order valence-corrected chi connectivity index (χ2v) is 4.61. The molecule has 2 nitrogen and oxygen atoms in total. The molecule has 0 saturated heterocycles. The Morgan fingerprint density at radius 1 is 1.50 bits per heavy atom. The number of Topliss-reactive ketones (excluding diaryl/α,β-unsaturated/α-hetero) is 1. The Morgan fingerprint density at radius 2 is 2.14 bits per heavy atom. The Bertz CT molecular complexity index is 395. The lowest BCUT2D eigenvalue weighted by Crippen LogP contribution is -2.03. The molecule has 0 spiro atoms. The first kappa shape index (κ1) is 9.71. The Morgan fingerprint density at radius 3 is 2.71 bits per heavy atom. The van der Waals surface area contributed by atoms with Crippen molar-refractivity contribution in [2.45, 2.75) is 19.8 Å². The zero-order chi connectivity index (χ0) is 10.3. The lowest BCUT2D eigenvalue weighted by molar-refractivity contribution is 0.0967. The van der Waals surface area contributed by atoms with Gasteiger partial charge in [-0.3, -0.25) is 4.79 Å². The van der Waals surface area contributed by atoms with Crippen LogP contribution in [0.1, 0.15) is 28.8 Å². The molecule has 1 aromatic carbocycles. The minimum absolute atomic E-state index is 0.190. The van der Waals surface area contributed by atoms with Crippen LogP contribution in [0.2, 0.25) is 0 Å². The van der Waals surface area contributed by atoms with Crippen LogP contribution in [-0.2, 0) is 0 Å². The Hall–Kier alpha value is -0.830. The van der Waals surface area contributed by atoms with Gasteiger partial charge in [-0.05, 0) is 53.4 Å². The second kappa shape index (κ2) is 3.39. The van der Waals surface area contributed by atoms with E-state index in [-0.39, 0.29) is 17.5 Å². The third-order valence-corrected chi connectivity index (χ3v) is 3.14. The Kier molecular flexibility index (Phi) is 2.35. The third-order valence-electron chi connectivity index (χ3n) is 2.51. The fraction of sp³-hybridized carbons (Fsp3) is 0.364. The van der Waals surface area contributed by atoms with Crippen molar-refractivity contribution in [1.82, 2.24) is 0 Å². The highest BCUT2D eigenvalue weighted by molar-refractivity contribution is 9.10. The number of hydrogen-bond acceptors (Lipinski definition) is 2. The van der Waals surface area contributed by atoms with Crippen molar-refractivity contribution in [1.29, 1.82) is 0 Å². The zero-order valence-corrected chi connectivity index (χ0v) is 9.47. The molecule has 0 heterocycles. The molecule has 1 aliphatic carbocycles. The zero-order valence-electron chi connectivity index (χ0n) is 7.88. The molecule has 0 unspecified atom stereocenters. The minimum Gasteiger partial charge on any atom is -0.507 e. The smallest absolute Gasteiger partial charge is 0.166 e. The number of halogens is 1. The molecule has 0 aliphatic heterocycles. The first-order valence-electron chi connectivity index (χ1n) is 4.63. The maximum Gasteiger partial charge on any atom is 0.166 e. The molecule has 14 heavy (non-hydrogen) atoms. The number of carbonyl (C=O) groups excluding carboxylic acids is 1. The summed E-state index contributed by atoms with van der Waals surface area (Å²) in [6, 6.07) is 3.34. The van der Waals surface area contributed by atoms with Crippen LogP contribution in [0.5, 0.6) is 5.75 Å². The summed E-state index contributed by atoms with van der Waals surface area (Å²) in [4.78, 5) is 11.8. The van der Waals surface area contributed by atoms with E-state index in [2.05, 4.69) is 15.9 Å². The summed E-state index contributed by atoms with van der Waals surface area (Å²) >= 11 is 3.22. The highest BCUT2D eigenvalue weighted by Crippen LogP contribution is 2.35. The predicted octanol–water partition coefficient (Wildman–Crippen LogP) is 3.06. The Labute approximate surface area is 91.1 Å². The molecule has 0 atom stereocenters. The maximum absolute atomic E-state index is 11.8.